The highest BCUT2D eigenvalue weighted by atomic mass is 16.5. The summed E-state index contributed by atoms with van der Waals surface area (Å²) in [5.74, 6) is 0.417. The van der Waals surface area contributed by atoms with E-state index in [1.807, 2.05) is 19.1 Å². The topological polar surface area (TPSA) is 88.2 Å². The highest BCUT2D eigenvalue weighted by molar-refractivity contribution is 6.05. The normalized spacial score (nSPS) is 27.0. The fourth-order valence-corrected chi connectivity index (χ4v) is 5.05. The van der Waals surface area contributed by atoms with E-state index in [0.29, 0.717) is 37.1 Å². The molecule has 4 atom stereocenters. The maximum absolute atomic E-state index is 12.9. The van der Waals surface area contributed by atoms with E-state index < -0.39 is 11.9 Å². The smallest absolute Gasteiger partial charge is 0.255 e. The van der Waals surface area contributed by atoms with Crippen molar-refractivity contribution in [3.8, 4) is 5.75 Å². The quantitative estimate of drug-likeness (QED) is 0.633. The van der Waals surface area contributed by atoms with Gasteiger partial charge in [0.05, 0.1) is 6.10 Å². The van der Waals surface area contributed by atoms with Crippen molar-refractivity contribution in [3.05, 3.63) is 29.3 Å². The van der Waals surface area contributed by atoms with E-state index in [0.717, 1.165) is 30.8 Å². The molecule has 33 heavy (non-hydrogen) atoms. The van der Waals surface area contributed by atoms with Gasteiger partial charge < -0.3 is 14.4 Å². The van der Waals surface area contributed by atoms with Gasteiger partial charge in [0.25, 0.3) is 5.91 Å². The lowest BCUT2D eigenvalue weighted by Crippen LogP contribution is -2.53. The van der Waals surface area contributed by atoms with Gasteiger partial charge in [0.2, 0.25) is 11.8 Å². The molecule has 4 rings (SSSR count). The largest absolute Gasteiger partial charge is 0.489 e. The summed E-state index contributed by atoms with van der Waals surface area (Å²) >= 11 is 0. The fourth-order valence-electron chi connectivity index (χ4n) is 5.05. The number of carbonyl (C=O) groups excluding carboxylic acids is 3. The lowest BCUT2D eigenvalue weighted by Gasteiger charge is -2.41. The Morgan fingerprint density at radius 2 is 1.88 bits per heavy atom. The van der Waals surface area contributed by atoms with Crippen LogP contribution in [0.3, 0.4) is 0 Å². The maximum atomic E-state index is 12.9. The summed E-state index contributed by atoms with van der Waals surface area (Å²) in [6, 6.07) is 5.36. The minimum Gasteiger partial charge on any atom is -0.489 e. The van der Waals surface area contributed by atoms with Crippen LogP contribution < -0.4 is 10.1 Å². The number of likely N-dealkylation sites (tertiary alicyclic amines) is 1. The zero-order chi connectivity index (χ0) is 23.7. The van der Waals surface area contributed by atoms with Crippen molar-refractivity contribution < 1.29 is 23.9 Å². The van der Waals surface area contributed by atoms with Gasteiger partial charge in [0.1, 0.15) is 17.9 Å². The molecule has 1 aromatic carbocycles. The molecular formula is C25H35N3O5. The van der Waals surface area contributed by atoms with E-state index in [9.17, 15) is 14.4 Å². The Kier molecular flexibility index (Phi) is 7.05. The van der Waals surface area contributed by atoms with Gasteiger partial charge in [-0.05, 0) is 49.9 Å². The van der Waals surface area contributed by atoms with Crippen LogP contribution >= 0.6 is 0 Å². The van der Waals surface area contributed by atoms with Gasteiger partial charge in [0.15, 0.2) is 0 Å². The summed E-state index contributed by atoms with van der Waals surface area (Å²) in [5.41, 5.74) is 1.45. The van der Waals surface area contributed by atoms with Gasteiger partial charge in [-0.2, -0.15) is 0 Å². The number of fused-ring (bicyclic) bond motifs is 1. The van der Waals surface area contributed by atoms with E-state index >= 15 is 0 Å². The number of benzene rings is 1. The second kappa shape index (κ2) is 9.81. The van der Waals surface area contributed by atoms with E-state index in [1.165, 1.54) is 0 Å². The Hall–Kier alpha value is -2.45. The number of nitrogens with zero attached hydrogens (tertiary/aromatic N) is 2. The van der Waals surface area contributed by atoms with Gasteiger partial charge in [-0.25, -0.2) is 0 Å². The molecule has 0 saturated carbocycles. The number of amides is 3. The molecular weight excluding hydrogens is 422 g/mol. The molecule has 3 aliphatic rings. The second-order valence-corrected chi connectivity index (χ2v) is 9.71. The summed E-state index contributed by atoms with van der Waals surface area (Å²) in [4.78, 5) is 40.7. The SMILES string of the molecule is CCO[C@@H]1C[C@@H](Oc2ccc3c(c2)CN(C2CCC(=O)NC2=O)C3=O)CN(C(C)C(C)C)C1. The number of imide groups is 1. The number of hydrogen-bond acceptors (Lipinski definition) is 6. The number of rotatable bonds is 7. The molecule has 180 valence electrons. The zero-order valence-corrected chi connectivity index (χ0v) is 20.0. The monoisotopic (exact) mass is 457 g/mol. The third kappa shape index (κ3) is 5.06. The van der Waals surface area contributed by atoms with Crippen LogP contribution in [0.4, 0.5) is 0 Å². The molecule has 3 amide bonds. The first-order valence-corrected chi connectivity index (χ1v) is 12.1. The molecule has 3 heterocycles. The van der Waals surface area contributed by atoms with Crippen LogP contribution in [-0.4, -0.2) is 71.5 Å². The van der Waals surface area contributed by atoms with Crippen LogP contribution in [0, 0.1) is 5.92 Å². The van der Waals surface area contributed by atoms with Gasteiger partial charge >= 0.3 is 0 Å². The van der Waals surface area contributed by atoms with Crippen LogP contribution in [0.5, 0.6) is 5.75 Å². The first-order chi connectivity index (χ1) is 15.8. The Bertz CT molecular complexity index is 917. The molecule has 8 nitrogen and oxygen atoms in total. The van der Waals surface area contributed by atoms with E-state index in [2.05, 4.69) is 31.0 Å². The second-order valence-electron chi connectivity index (χ2n) is 9.71. The van der Waals surface area contributed by atoms with Gasteiger partial charge in [-0.1, -0.05) is 13.8 Å². The number of ether oxygens (including phenoxy) is 2. The van der Waals surface area contributed by atoms with Crippen molar-refractivity contribution in [2.75, 3.05) is 19.7 Å². The predicted molar refractivity (Wildman–Crippen MR) is 123 cm³/mol. The van der Waals surface area contributed by atoms with Crippen molar-refractivity contribution in [2.45, 2.75) is 77.8 Å². The number of carbonyl (C=O) groups is 3. The summed E-state index contributed by atoms with van der Waals surface area (Å²) < 4.78 is 12.4. The molecule has 0 aromatic heterocycles. The highest BCUT2D eigenvalue weighted by Crippen LogP contribution is 2.31. The first-order valence-electron chi connectivity index (χ1n) is 12.1. The minimum atomic E-state index is -0.608. The Morgan fingerprint density at radius 1 is 1.12 bits per heavy atom. The Labute approximate surface area is 195 Å². The summed E-state index contributed by atoms with van der Waals surface area (Å²) in [6.07, 6.45) is 1.57. The summed E-state index contributed by atoms with van der Waals surface area (Å²) in [7, 11) is 0. The van der Waals surface area contributed by atoms with Gasteiger partial charge in [-0.15, -0.1) is 0 Å². The van der Waals surface area contributed by atoms with Crippen molar-refractivity contribution in [2.24, 2.45) is 5.92 Å². The van der Waals surface area contributed by atoms with Crippen molar-refractivity contribution >= 4 is 17.7 Å². The minimum absolute atomic E-state index is 0.00195. The van der Waals surface area contributed by atoms with Crippen molar-refractivity contribution in [3.63, 3.8) is 0 Å². The van der Waals surface area contributed by atoms with Crippen molar-refractivity contribution in [1.29, 1.82) is 0 Å². The average molecular weight is 458 g/mol. The van der Waals surface area contributed by atoms with Crippen LogP contribution in [0.15, 0.2) is 18.2 Å². The lowest BCUT2D eigenvalue weighted by molar-refractivity contribution is -0.136. The molecule has 3 aliphatic heterocycles. The van der Waals surface area contributed by atoms with E-state index in [1.54, 1.807) is 11.0 Å². The fraction of sp³-hybridized carbons (Fsp3) is 0.640. The van der Waals surface area contributed by atoms with E-state index in [4.69, 9.17) is 9.47 Å². The predicted octanol–water partition coefficient (Wildman–Crippen LogP) is 2.35. The standard InChI is InChI=1S/C25H35N3O5/c1-5-32-19-11-20(14-27(13-19)16(4)15(2)3)33-18-6-7-21-17(10-18)12-28(25(21)31)22-8-9-23(29)26-24(22)30/h6-7,10,15-16,19-20,22H,5,8-9,11-14H2,1-4H3,(H,26,29,30)/t16?,19-,20-,22?/m1/s1. The Balaban J connectivity index is 1.46. The van der Waals surface area contributed by atoms with Crippen LogP contribution in [0.1, 0.15) is 62.9 Å². The van der Waals surface area contributed by atoms with Crippen molar-refractivity contribution in [1.82, 2.24) is 15.1 Å². The molecule has 2 fully saturated rings. The van der Waals surface area contributed by atoms with Crippen LogP contribution in [-0.2, 0) is 20.9 Å². The van der Waals surface area contributed by atoms with Crippen LogP contribution in [0.2, 0.25) is 0 Å². The number of hydrogen-bond donors (Lipinski definition) is 1. The van der Waals surface area contributed by atoms with Crippen LogP contribution in [0.25, 0.3) is 0 Å². The van der Waals surface area contributed by atoms with E-state index in [-0.39, 0.29) is 30.4 Å². The molecule has 8 heteroatoms. The third-order valence-corrected chi connectivity index (χ3v) is 7.14. The molecule has 2 unspecified atom stereocenters. The number of nitrogens with one attached hydrogen (secondary N) is 1. The average Bonchev–Trinajstić information content (AvgIpc) is 3.08. The Morgan fingerprint density at radius 3 is 2.58 bits per heavy atom. The summed E-state index contributed by atoms with van der Waals surface area (Å²) in [5, 5.41) is 2.34. The summed E-state index contributed by atoms with van der Waals surface area (Å²) in [6.45, 7) is 11.5. The molecule has 0 bridgehead atoms. The molecule has 0 radical (unpaired) electrons. The first kappa shape index (κ1) is 23.7. The van der Waals surface area contributed by atoms with Gasteiger partial charge in [-0.3, -0.25) is 24.6 Å². The molecule has 0 aliphatic carbocycles. The molecule has 1 N–H and O–H groups in total. The molecule has 0 spiro atoms. The third-order valence-electron chi connectivity index (χ3n) is 7.14. The zero-order valence-electron chi connectivity index (χ0n) is 20.0. The van der Waals surface area contributed by atoms with Gasteiger partial charge in [0, 0.05) is 50.7 Å². The molecule has 1 aromatic rings. The molecule has 2 saturated heterocycles. The number of piperidine rings is 2. The maximum Gasteiger partial charge on any atom is 0.255 e. The lowest BCUT2D eigenvalue weighted by atomic mass is 9.98. The highest BCUT2D eigenvalue weighted by Gasteiger charge is 2.39.